The minimum absolute atomic E-state index is 0.536. The van der Waals surface area contributed by atoms with E-state index < -0.39 is 0 Å². The van der Waals surface area contributed by atoms with Crippen molar-refractivity contribution in [2.75, 3.05) is 6.54 Å². The molecule has 0 spiro atoms. The summed E-state index contributed by atoms with van der Waals surface area (Å²) in [5.74, 6) is 0. The Morgan fingerprint density at radius 1 is 1.39 bits per heavy atom. The predicted octanol–water partition coefficient (Wildman–Crippen LogP) is 2.17. The van der Waals surface area contributed by atoms with Crippen molar-refractivity contribution in [2.24, 2.45) is 5.73 Å². The lowest BCUT2D eigenvalue weighted by molar-refractivity contribution is 0.598. The first-order chi connectivity index (χ1) is 8.78. The fourth-order valence-corrected chi connectivity index (χ4v) is 2.87. The van der Waals surface area contributed by atoms with E-state index in [0.29, 0.717) is 18.1 Å². The molecule has 0 aliphatic rings. The summed E-state index contributed by atoms with van der Waals surface area (Å²) in [6, 6.07) is 5.68. The van der Waals surface area contributed by atoms with Crippen LogP contribution in [0.3, 0.4) is 0 Å². The zero-order valence-electron chi connectivity index (χ0n) is 9.38. The summed E-state index contributed by atoms with van der Waals surface area (Å²) in [7, 11) is 0. The quantitative estimate of drug-likeness (QED) is 0.798. The number of halogens is 1. The number of thiazole rings is 1. The molecule has 0 atom stereocenters. The molecule has 0 saturated carbocycles. The van der Waals surface area contributed by atoms with Crippen molar-refractivity contribution in [3.63, 3.8) is 0 Å². The molecule has 0 bridgehead atoms. The Balaban J connectivity index is 2.05. The van der Waals surface area contributed by atoms with E-state index in [1.165, 1.54) is 11.3 Å². The van der Waals surface area contributed by atoms with Gasteiger partial charge in [-0.1, -0.05) is 22.9 Å². The lowest BCUT2D eigenvalue weighted by Gasteiger charge is -1.92. The molecule has 2 heterocycles. The summed E-state index contributed by atoms with van der Waals surface area (Å²) in [5, 5.41) is 9.62. The molecular formula is C11H10ClN5S. The van der Waals surface area contributed by atoms with Gasteiger partial charge >= 0.3 is 0 Å². The highest BCUT2D eigenvalue weighted by molar-refractivity contribution is 7.22. The third kappa shape index (κ3) is 1.98. The van der Waals surface area contributed by atoms with Gasteiger partial charge in [0, 0.05) is 6.54 Å². The molecule has 18 heavy (non-hydrogen) atoms. The highest BCUT2D eigenvalue weighted by Crippen LogP contribution is 2.33. The first-order valence-electron chi connectivity index (χ1n) is 5.43. The molecular weight excluding hydrogens is 270 g/mol. The zero-order valence-corrected chi connectivity index (χ0v) is 10.9. The fourth-order valence-electron chi connectivity index (χ4n) is 1.66. The Kier molecular flexibility index (Phi) is 2.99. The van der Waals surface area contributed by atoms with E-state index in [2.05, 4.69) is 15.3 Å². The molecule has 0 fully saturated rings. The van der Waals surface area contributed by atoms with E-state index in [-0.39, 0.29) is 0 Å². The van der Waals surface area contributed by atoms with Crippen LogP contribution in [-0.2, 0) is 6.54 Å². The van der Waals surface area contributed by atoms with Crippen LogP contribution in [0.5, 0.6) is 0 Å². The van der Waals surface area contributed by atoms with Crippen LogP contribution in [0.4, 0.5) is 0 Å². The minimum atomic E-state index is 0.536. The van der Waals surface area contributed by atoms with E-state index in [1.807, 2.05) is 24.4 Å². The Labute approximate surface area is 112 Å². The van der Waals surface area contributed by atoms with Crippen LogP contribution in [0.2, 0.25) is 5.02 Å². The number of aromatic nitrogens is 4. The summed E-state index contributed by atoms with van der Waals surface area (Å²) in [6.07, 6.45) is 1.85. The van der Waals surface area contributed by atoms with E-state index in [1.54, 1.807) is 4.68 Å². The Morgan fingerprint density at radius 3 is 3.06 bits per heavy atom. The molecule has 0 radical (unpaired) electrons. The second-order valence-electron chi connectivity index (χ2n) is 3.76. The number of fused-ring (bicyclic) bond motifs is 1. The summed E-state index contributed by atoms with van der Waals surface area (Å²) in [5.41, 5.74) is 7.11. The monoisotopic (exact) mass is 279 g/mol. The number of nitrogens with two attached hydrogens (primary N) is 1. The molecule has 2 aromatic heterocycles. The van der Waals surface area contributed by atoms with Gasteiger partial charge < -0.3 is 5.73 Å². The van der Waals surface area contributed by atoms with Crippen LogP contribution in [0.1, 0.15) is 0 Å². The van der Waals surface area contributed by atoms with Gasteiger partial charge in [-0.15, -0.1) is 16.4 Å². The van der Waals surface area contributed by atoms with Crippen LogP contribution in [0, 0.1) is 0 Å². The third-order valence-corrected chi connectivity index (χ3v) is 4.04. The lowest BCUT2D eigenvalue weighted by atomic mass is 10.3. The van der Waals surface area contributed by atoms with E-state index in [0.717, 1.165) is 20.9 Å². The molecule has 92 valence electrons. The van der Waals surface area contributed by atoms with Crippen molar-refractivity contribution in [2.45, 2.75) is 6.54 Å². The summed E-state index contributed by atoms with van der Waals surface area (Å²) < 4.78 is 2.69. The fraction of sp³-hybridized carbons (Fsp3) is 0.182. The SMILES string of the molecule is NCCn1cc(-c2nc3cccc(Cl)c3s2)nn1. The van der Waals surface area contributed by atoms with Gasteiger partial charge in [0.1, 0.15) is 10.7 Å². The average Bonchev–Trinajstić information content (AvgIpc) is 2.96. The van der Waals surface area contributed by atoms with Crippen molar-refractivity contribution in [3.8, 4) is 10.7 Å². The largest absolute Gasteiger partial charge is 0.329 e. The predicted molar refractivity (Wildman–Crippen MR) is 72.7 cm³/mol. The highest BCUT2D eigenvalue weighted by atomic mass is 35.5. The van der Waals surface area contributed by atoms with Crippen molar-refractivity contribution >= 4 is 33.2 Å². The van der Waals surface area contributed by atoms with Crippen molar-refractivity contribution < 1.29 is 0 Å². The molecule has 5 nitrogen and oxygen atoms in total. The molecule has 1 aromatic carbocycles. The van der Waals surface area contributed by atoms with Crippen LogP contribution in [-0.4, -0.2) is 26.5 Å². The molecule has 2 N–H and O–H groups in total. The highest BCUT2D eigenvalue weighted by Gasteiger charge is 2.11. The normalized spacial score (nSPS) is 11.2. The van der Waals surface area contributed by atoms with Gasteiger partial charge in [0.2, 0.25) is 0 Å². The van der Waals surface area contributed by atoms with Crippen molar-refractivity contribution in [3.05, 3.63) is 29.4 Å². The topological polar surface area (TPSA) is 69.6 Å². The van der Waals surface area contributed by atoms with Gasteiger partial charge in [-0.3, -0.25) is 4.68 Å². The molecule has 3 aromatic rings. The maximum absolute atomic E-state index is 6.13. The third-order valence-electron chi connectivity index (χ3n) is 2.48. The van der Waals surface area contributed by atoms with Crippen LogP contribution < -0.4 is 5.73 Å². The molecule has 0 aliphatic carbocycles. The maximum Gasteiger partial charge on any atom is 0.146 e. The maximum atomic E-state index is 6.13. The molecule has 0 aliphatic heterocycles. The average molecular weight is 280 g/mol. The Hall–Kier alpha value is -1.50. The van der Waals surface area contributed by atoms with Gasteiger partial charge in [-0.05, 0) is 12.1 Å². The van der Waals surface area contributed by atoms with E-state index in [9.17, 15) is 0 Å². The number of benzene rings is 1. The molecule has 3 rings (SSSR count). The van der Waals surface area contributed by atoms with Gasteiger partial charge in [-0.25, -0.2) is 4.98 Å². The number of hydrogen-bond donors (Lipinski definition) is 1. The number of hydrogen-bond acceptors (Lipinski definition) is 5. The lowest BCUT2D eigenvalue weighted by Crippen LogP contribution is -2.10. The van der Waals surface area contributed by atoms with Crippen molar-refractivity contribution in [1.29, 1.82) is 0 Å². The summed E-state index contributed by atoms with van der Waals surface area (Å²) >= 11 is 7.64. The van der Waals surface area contributed by atoms with Crippen LogP contribution >= 0.6 is 22.9 Å². The molecule has 0 amide bonds. The van der Waals surface area contributed by atoms with Gasteiger partial charge in [0.05, 0.1) is 28.0 Å². The van der Waals surface area contributed by atoms with Crippen molar-refractivity contribution in [1.82, 2.24) is 20.0 Å². The second kappa shape index (κ2) is 4.64. The number of rotatable bonds is 3. The van der Waals surface area contributed by atoms with Gasteiger partial charge in [-0.2, -0.15) is 0 Å². The zero-order chi connectivity index (χ0) is 12.5. The minimum Gasteiger partial charge on any atom is -0.329 e. The van der Waals surface area contributed by atoms with E-state index in [4.69, 9.17) is 17.3 Å². The van der Waals surface area contributed by atoms with Crippen LogP contribution in [0.15, 0.2) is 24.4 Å². The second-order valence-corrected chi connectivity index (χ2v) is 5.17. The summed E-state index contributed by atoms with van der Waals surface area (Å²) in [4.78, 5) is 4.50. The smallest absolute Gasteiger partial charge is 0.146 e. The Morgan fingerprint density at radius 2 is 2.28 bits per heavy atom. The Bertz CT molecular complexity index is 690. The molecule has 0 unspecified atom stereocenters. The van der Waals surface area contributed by atoms with E-state index >= 15 is 0 Å². The summed E-state index contributed by atoms with van der Waals surface area (Å²) in [6.45, 7) is 1.19. The number of nitrogens with zero attached hydrogens (tertiary/aromatic N) is 4. The molecule has 7 heteroatoms. The first kappa shape index (κ1) is 11.6. The van der Waals surface area contributed by atoms with Gasteiger partial charge in [0.25, 0.3) is 0 Å². The molecule has 0 saturated heterocycles. The first-order valence-corrected chi connectivity index (χ1v) is 6.63. The van der Waals surface area contributed by atoms with Gasteiger partial charge in [0.15, 0.2) is 0 Å². The van der Waals surface area contributed by atoms with Crippen LogP contribution in [0.25, 0.3) is 20.9 Å². The standard InChI is InChI=1S/C11H10ClN5S/c12-7-2-1-3-8-10(7)18-11(14-8)9-6-17(5-4-13)16-15-9/h1-3,6H,4-5,13H2.